The minimum absolute atomic E-state index is 0.0572. The van der Waals surface area contributed by atoms with Crippen LogP contribution in [-0.4, -0.2) is 63.4 Å². The third kappa shape index (κ3) is 3.77. The van der Waals surface area contributed by atoms with Crippen molar-refractivity contribution in [2.75, 3.05) is 46.5 Å². The minimum Gasteiger partial charge on any atom is -0.383 e. The van der Waals surface area contributed by atoms with E-state index in [1.807, 2.05) is 6.92 Å². The van der Waals surface area contributed by atoms with Crippen LogP contribution in [0, 0.1) is 0 Å². The van der Waals surface area contributed by atoms with Gasteiger partial charge >= 0.3 is 0 Å². The number of carbonyl (C=O) groups is 1. The Bertz CT molecular complexity index is 193. The van der Waals surface area contributed by atoms with Gasteiger partial charge in [0.2, 0.25) is 0 Å². The number of nitrogens with one attached hydrogen (secondary N) is 1. The van der Waals surface area contributed by atoms with Gasteiger partial charge in [-0.05, 0) is 6.92 Å². The van der Waals surface area contributed by atoms with Crippen LogP contribution in [0.1, 0.15) is 6.92 Å². The van der Waals surface area contributed by atoms with E-state index < -0.39 is 0 Å². The van der Waals surface area contributed by atoms with Crippen LogP contribution in [0.4, 0.5) is 0 Å². The molecule has 0 spiro atoms. The summed E-state index contributed by atoms with van der Waals surface area (Å²) >= 11 is 0. The maximum atomic E-state index is 11.9. The molecule has 0 aromatic heterocycles. The zero-order valence-corrected chi connectivity index (χ0v) is 9.49. The van der Waals surface area contributed by atoms with Crippen LogP contribution in [0.2, 0.25) is 0 Å². The van der Waals surface area contributed by atoms with Crippen molar-refractivity contribution in [1.82, 2.24) is 10.2 Å². The molecular weight excluding hydrogens is 196 g/mol. The van der Waals surface area contributed by atoms with Gasteiger partial charge in [0.25, 0.3) is 5.91 Å². The predicted molar refractivity (Wildman–Crippen MR) is 56.7 cm³/mol. The highest BCUT2D eigenvalue weighted by molar-refractivity contribution is 5.81. The van der Waals surface area contributed by atoms with Gasteiger partial charge in [-0.15, -0.1) is 0 Å². The van der Waals surface area contributed by atoms with Crippen LogP contribution < -0.4 is 5.32 Å². The lowest BCUT2D eigenvalue weighted by atomic mass is 10.2. The smallest absolute Gasteiger partial charge is 0.253 e. The third-order valence-electron chi connectivity index (χ3n) is 2.46. The van der Waals surface area contributed by atoms with Gasteiger partial charge in [0.1, 0.15) is 6.10 Å². The number of carbonyl (C=O) groups excluding carboxylic acids is 1. The maximum Gasteiger partial charge on any atom is 0.253 e. The van der Waals surface area contributed by atoms with Crippen LogP contribution >= 0.6 is 0 Å². The second kappa shape index (κ2) is 6.76. The van der Waals surface area contributed by atoms with Crippen molar-refractivity contribution >= 4 is 5.91 Å². The number of hydrogen-bond donors (Lipinski definition) is 1. The highest BCUT2D eigenvalue weighted by Gasteiger charge is 2.25. The molecule has 1 heterocycles. The van der Waals surface area contributed by atoms with Gasteiger partial charge in [0.15, 0.2) is 0 Å². The molecule has 1 aliphatic rings. The lowest BCUT2D eigenvalue weighted by Crippen LogP contribution is -2.50. The van der Waals surface area contributed by atoms with E-state index in [2.05, 4.69) is 5.32 Å². The van der Waals surface area contributed by atoms with Crippen molar-refractivity contribution in [3.05, 3.63) is 0 Å². The van der Waals surface area contributed by atoms with Gasteiger partial charge in [-0.1, -0.05) is 0 Å². The van der Waals surface area contributed by atoms with Crippen molar-refractivity contribution in [2.45, 2.75) is 13.0 Å². The van der Waals surface area contributed by atoms with Gasteiger partial charge in [-0.2, -0.15) is 0 Å². The predicted octanol–water partition coefficient (Wildman–Crippen LogP) is -0.530. The fourth-order valence-corrected chi connectivity index (χ4v) is 1.55. The quantitative estimate of drug-likeness (QED) is 0.671. The molecule has 1 N–H and O–H groups in total. The SMILES string of the molecule is CCN(CCOC)C(=O)C1CNCCO1. The van der Waals surface area contributed by atoms with Crippen LogP contribution in [0.3, 0.4) is 0 Å². The number of rotatable bonds is 5. The monoisotopic (exact) mass is 216 g/mol. The molecule has 1 saturated heterocycles. The summed E-state index contributed by atoms with van der Waals surface area (Å²) in [6.07, 6.45) is -0.324. The number of nitrogens with zero attached hydrogens (tertiary/aromatic N) is 1. The minimum atomic E-state index is -0.324. The molecule has 0 saturated carbocycles. The summed E-state index contributed by atoms with van der Waals surface area (Å²) in [6.45, 7) is 5.91. The van der Waals surface area contributed by atoms with Crippen molar-refractivity contribution in [3.63, 3.8) is 0 Å². The highest BCUT2D eigenvalue weighted by atomic mass is 16.5. The molecule has 0 aromatic rings. The van der Waals surface area contributed by atoms with E-state index in [1.54, 1.807) is 12.0 Å². The average molecular weight is 216 g/mol. The molecule has 5 nitrogen and oxygen atoms in total. The molecule has 0 aromatic carbocycles. The second-order valence-electron chi connectivity index (χ2n) is 3.47. The Morgan fingerprint density at radius 2 is 2.47 bits per heavy atom. The van der Waals surface area contributed by atoms with E-state index in [0.717, 1.165) is 6.54 Å². The Kier molecular flexibility index (Phi) is 5.60. The molecule has 15 heavy (non-hydrogen) atoms. The summed E-state index contributed by atoms with van der Waals surface area (Å²) in [4.78, 5) is 13.7. The summed E-state index contributed by atoms with van der Waals surface area (Å²) in [6, 6.07) is 0. The van der Waals surface area contributed by atoms with Crippen molar-refractivity contribution in [2.24, 2.45) is 0 Å². The first-order valence-electron chi connectivity index (χ1n) is 5.39. The summed E-state index contributed by atoms with van der Waals surface area (Å²) in [7, 11) is 1.64. The Labute approximate surface area is 90.7 Å². The largest absolute Gasteiger partial charge is 0.383 e. The topological polar surface area (TPSA) is 50.8 Å². The van der Waals surface area contributed by atoms with E-state index in [1.165, 1.54) is 0 Å². The first kappa shape index (κ1) is 12.4. The zero-order valence-electron chi connectivity index (χ0n) is 9.49. The lowest BCUT2D eigenvalue weighted by molar-refractivity contribution is -0.145. The number of amides is 1. The third-order valence-corrected chi connectivity index (χ3v) is 2.46. The van der Waals surface area contributed by atoms with E-state index in [4.69, 9.17) is 9.47 Å². The average Bonchev–Trinajstić information content (AvgIpc) is 2.31. The Hall–Kier alpha value is -0.650. The standard InChI is InChI=1S/C10H20N2O3/c1-3-12(5-7-14-2)10(13)9-8-11-4-6-15-9/h9,11H,3-8H2,1-2H3. The number of morpholine rings is 1. The molecule has 1 amide bonds. The molecule has 1 rings (SSSR count). The van der Waals surface area contributed by atoms with Crippen LogP contribution in [-0.2, 0) is 14.3 Å². The van der Waals surface area contributed by atoms with Gasteiger partial charge in [0, 0.05) is 33.3 Å². The van der Waals surface area contributed by atoms with Crippen molar-refractivity contribution in [3.8, 4) is 0 Å². The van der Waals surface area contributed by atoms with Crippen LogP contribution in [0.25, 0.3) is 0 Å². The summed E-state index contributed by atoms with van der Waals surface area (Å²) in [5.41, 5.74) is 0. The van der Waals surface area contributed by atoms with Gasteiger partial charge in [-0.3, -0.25) is 4.79 Å². The normalized spacial score (nSPS) is 21.3. The molecule has 1 fully saturated rings. The molecular formula is C10H20N2O3. The first-order valence-corrected chi connectivity index (χ1v) is 5.39. The molecule has 0 aliphatic carbocycles. The Morgan fingerprint density at radius 1 is 1.67 bits per heavy atom. The van der Waals surface area contributed by atoms with E-state index >= 15 is 0 Å². The molecule has 1 atom stereocenters. The summed E-state index contributed by atoms with van der Waals surface area (Å²) < 4.78 is 10.4. The zero-order chi connectivity index (χ0) is 11.1. The summed E-state index contributed by atoms with van der Waals surface area (Å²) in [5, 5.41) is 3.15. The van der Waals surface area contributed by atoms with Crippen LogP contribution in [0.15, 0.2) is 0 Å². The maximum absolute atomic E-state index is 11.9. The number of ether oxygens (including phenoxy) is 2. The molecule has 0 bridgehead atoms. The van der Waals surface area contributed by atoms with E-state index in [9.17, 15) is 4.79 Å². The number of likely N-dealkylation sites (N-methyl/N-ethyl adjacent to an activating group) is 1. The van der Waals surface area contributed by atoms with Crippen LogP contribution in [0.5, 0.6) is 0 Å². The fourth-order valence-electron chi connectivity index (χ4n) is 1.55. The molecule has 1 unspecified atom stereocenters. The molecule has 5 heteroatoms. The Balaban J connectivity index is 2.40. The van der Waals surface area contributed by atoms with Gasteiger partial charge in [-0.25, -0.2) is 0 Å². The fraction of sp³-hybridized carbons (Fsp3) is 0.900. The molecule has 88 valence electrons. The Morgan fingerprint density at radius 3 is 3.00 bits per heavy atom. The number of hydrogen-bond acceptors (Lipinski definition) is 4. The van der Waals surface area contributed by atoms with Crippen molar-refractivity contribution in [1.29, 1.82) is 0 Å². The highest BCUT2D eigenvalue weighted by Crippen LogP contribution is 2.02. The van der Waals surface area contributed by atoms with E-state index in [0.29, 0.717) is 32.8 Å². The first-order chi connectivity index (χ1) is 7.29. The van der Waals surface area contributed by atoms with Gasteiger partial charge < -0.3 is 19.7 Å². The number of methoxy groups -OCH3 is 1. The summed E-state index contributed by atoms with van der Waals surface area (Å²) in [5.74, 6) is 0.0572. The van der Waals surface area contributed by atoms with Gasteiger partial charge in [0.05, 0.1) is 13.2 Å². The van der Waals surface area contributed by atoms with Crippen molar-refractivity contribution < 1.29 is 14.3 Å². The second-order valence-corrected chi connectivity index (χ2v) is 3.47. The molecule has 0 radical (unpaired) electrons. The van der Waals surface area contributed by atoms with E-state index in [-0.39, 0.29) is 12.0 Å². The lowest BCUT2D eigenvalue weighted by Gasteiger charge is -2.28. The molecule has 1 aliphatic heterocycles.